The normalized spacial score (nSPS) is 10.0. The van der Waals surface area contributed by atoms with Crippen LogP contribution in [0.2, 0.25) is 0 Å². The number of nitrogens with zero attached hydrogens (tertiary/aromatic N) is 1. The molecule has 2 aromatic carbocycles. The van der Waals surface area contributed by atoms with E-state index < -0.39 is 4.92 Å². The summed E-state index contributed by atoms with van der Waals surface area (Å²) in [5.74, 6) is 0.704. The topological polar surface area (TPSA) is 90.7 Å². The van der Waals surface area contributed by atoms with E-state index in [0.29, 0.717) is 11.4 Å². The Morgan fingerprint density at radius 2 is 1.83 bits per heavy atom. The van der Waals surface area contributed by atoms with E-state index in [-0.39, 0.29) is 23.8 Å². The summed E-state index contributed by atoms with van der Waals surface area (Å²) in [5, 5.41) is 13.4. The van der Waals surface area contributed by atoms with Crippen LogP contribution in [0.3, 0.4) is 0 Å². The van der Waals surface area contributed by atoms with Crippen molar-refractivity contribution in [3.8, 4) is 11.5 Å². The Labute approximate surface area is 133 Å². The smallest absolute Gasteiger partial charge is 0.273 e. The van der Waals surface area contributed by atoms with Gasteiger partial charge in [0.2, 0.25) is 5.91 Å². The van der Waals surface area contributed by atoms with Crippen molar-refractivity contribution in [3.05, 3.63) is 58.1 Å². The number of carbonyl (C=O) groups excluding carboxylic acids is 1. The van der Waals surface area contributed by atoms with E-state index in [1.165, 1.54) is 25.3 Å². The van der Waals surface area contributed by atoms with Gasteiger partial charge >= 0.3 is 0 Å². The first-order valence-corrected chi connectivity index (χ1v) is 6.78. The number of rotatable bonds is 6. The van der Waals surface area contributed by atoms with Crippen molar-refractivity contribution in [2.24, 2.45) is 0 Å². The SMILES string of the molecule is COc1ccc(CC(=O)Nc2ccc([N+](=O)[O-])cc2OC)cc1. The summed E-state index contributed by atoms with van der Waals surface area (Å²) < 4.78 is 10.1. The lowest BCUT2D eigenvalue weighted by molar-refractivity contribution is -0.384. The third kappa shape index (κ3) is 4.19. The van der Waals surface area contributed by atoms with E-state index in [0.717, 1.165) is 5.56 Å². The maximum absolute atomic E-state index is 12.1. The molecule has 1 amide bonds. The molecular weight excluding hydrogens is 300 g/mol. The van der Waals surface area contributed by atoms with Crippen molar-refractivity contribution < 1.29 is 19.2 Å². The van der Waals surface area contributed by atoms with Crippen LogP contribution >= 0.6 is 0 Å². The number of amides is 1. The highest BCUT2D eigenvalue weighted by molar-refractivity contribution is 5.93. The molecule has 120 valence electrons. The predicted octanol–water partition coefficient (Wildman–Crippen LogP) is 2.79. The van der Waals surface area contributed by atoms with E-state index in [4.69, 9.17) is 9.47 Å². The lowest BCUT2D eigenvalue weighted by atomic mass is 10.1. The van der Waals surface area contributed by atoms with Crippen molar-refractivity contribution in [1.29, 1.82) is 0 Å². The molecule has 7 nitrogen and oxygen atoms in total. The fourth-order valence-electron chi connectivity index (χ4n) is 2.02. The maximum atomic E-state index is 12.1. The lowest BCUT2D eigenvalue weighted by Crippen LogP contribution is -2.15. The summed E-state index contributed by atoms with van der Waals surface area (Å²) in [6.07, 6.45) is 0.171. The molecule has 7 heteroatoms. The molecular formula is C16H16N2O5. The minimum absolute atomic E-state index is 0.102. The minimum Gasteiger partial charge on any atom is -0.497 e. The fourth-order valence-corrected chi connectivity index (χ4v) is 2.02. The predicted molar refractivity (Wildman–Crippen MR) is 85.0 cm³/mol. The molecule has 0 heterocycles. The van der Waals surface area contributed by atoms with Gasteiger partial charge in [0, 0.05) is 6.07 Å². The summed E-state index contributed by atoms with van der Waals surface area (Å²) >= 11 is 0. The van der Waals surface area contributed by atoms with Crippen molar-refractivity contribution >= 4 is 17.3 Å². The van der Waals surface area contributed by atoms with Crippen LogP contribution < -0.4 is 14.8 Å². The maximum Gasteiger partial charge on any atom is 0.273 e. The molecule has 0 aliphatic rings. The summed E-state index contributed by atoms with van der Waals surface area (Å²) in [5.41, 5.74) is 1.11. The van der Waals surface area contributed by atoms with Crippen LogP contribution in [0.1, 0.15) is 5.56 Å². The van der Waals surface area contributed by atoms with E-state index in [1.54, 1.807) is 31.4 Å². The van der Waals surface area contributed by atoms with Gasteiger partial charge in [-0.3, -0.25) is 14.9 Å². The summed E-state index contributed by atoms with van der Waals surface area (Å²) in [7, 11) is 2.96. The van der Waals surface area contributed by atoms with Crippen LogP contribution in [0, 0.1) is 10.1 Å². The lowest BCUT2D eigenvalue weighted by Gasteiger charge is -2.10. The van der Waals surface area contributed by atoms with Crippen LogP contribution in [0.15, 0.2) is 42.5 Å². The van der Waals surface area contributed by atoms with Crippen LogP contribution in [-0.2, 0) is 11.2 Å². The van der Waals surface area contributed by atoms with Gasteiger partial charge in [-0.2, -0.15) is 0 Å². The van der Waals surface area contributed by atoms with Crippen molar-refractivity contribution in [2.45, 2.75) is 6.42 Å². The number of nitrogens with one attached hydrogen (secondary N) is 1. The third-order valence-electron chi connectivity index (χ3n) is 3.19. The number of anilines is 1. The number of ether oxygens (including phenoxy) is 2. The molecule has 0 fully saturated rings. The fraction of sp³-hybridized carbons (Fsp3) is 0.188. The van der Waals surface area contributed by atoms with E-state index in [2.05, 4.69) is 5.32 Å². The number of benzene rings is 2. The van der Waals surface area contributed by atoms with Gasteiger partial charge in [0.1, 0.15) is 11.5 Å². The Hall–Kier alpha value is -3.09. The van der Waals surface area contributed by atoms with Crippen molar-refractivity contribution in [2.75, 3.05) is 19.5 Å². The molecule has 0 aromatic heterocycles. The number of hydrogen-bond acceptors (Lipinski definition) is 5. The van der Waals surface area contributed by atoms with Gasteiger partial charge in [-0.1, -0.05) is 12.1 Å². The average Bonchev–Trinajstić information content (AvgIpc) is 2.55. The van der Waals surface area contributed by atoms with Crippen LogP contribution in [0.25, 0.3) is 0 Å². The van der Waals surface area contributed by atoms with Gasteiger partial charge in [0.15, 0.2) is 0 Å². The second kappa shape index (κ2) is 7.26. The Bertz CT molecular complexity index is 713. The van der Waals surface area contributed by atoms with Gasteiger partial charge in [-0.15, -0.1) is 0 Å². The van der Waals surface area contributed by atoms with E-state index in [1.807, 2.05) is 0 Å². The third-order valence-corrected chi connectivity index (χ3v) is 3.19. The van der Waals surface area contributed by atoms with Crippen LogP contribution in [0.4, 0.5) is 11.4 Å². The second-order valence-corrected chi connectivity index (χ2v) is 4.71. The number of carbonyl (C=O) groups is 1. The largest absolute Gasteiger partial charge is 0.497 e. The minimum atomic E-state index is -0.522. The molecule has 2 rings (SSSR count). The Balaban J connectivity index is 2.08. The molecule has 23 heavy (non-hydrogen) atoms. The van der Waals surface area contributed by atoms with Gasteiger partial charge in [0.05, 0.1) is 37.3 Å². The van der Waals surface area contributed by atoms with Gasteiger partial charge in [-0.05, 0) is 23.8 Å². The quantitative estimate of drug-likeness (QED) is 0.653. The molecule has 0 aliphatic carbocycles. The molecule has 0 saturated carbocycles. The van der Waals surface area contributed by atoms with Crippen LogP contribution in [0.5, 0.6) is 11.5 Å². The number of hydrogen-bond donors (Lipinski definition) is 1. The first-order chi connectivity index (χ1) is 11.0. The monoisotopic (exact) mass is 316 g/mol. The second-order valence-electron chi connectivity index (χ2n) is 4.71. The molecule has 0 saturated heterocycles. The Morgan fingerprint density at radius 3 is 2.39 bits per heavy atom. The molecule has 0 unspecified atom stereocenters. The molecule has 0 bridgehead atoms. The number of non-ortho nitro benzene ring substituents is 1. The standard InChI is InChI=1S/C16H16N2O5/c1-22-13-6-3-11(4-7-13)9-16(19)17-14-8-5-12(18(20)21)10-15(14)23-2/h3-8,10H,9H2,1-2H3,(H,17,19). The summed E-state index contributed by atoms with van der Waals surface area (Å²) in [6, 6.07) is 11.2. The first kappa shape index (κ1) is 16.3. The van der Waals surface area contributed by atoms with E-state index >= 15 is 0 Å². The van der Waals surface area contributed by atoms with Gasteiger partial charge in [-0.25, -0.2) is 0 Å². The van der Waals surface area contributed by atoms with Crippen LogP contribution in [-0.4, -0.2) is 25.1 Å². The number of nitro groups is 1. The molecule has 0 radical (unpaired) electrons. The van der Waals surface area contributed by atoms with Crippen molar-refractivity contribution in [3.63, 3.8) is 0 Å². The molecule has 0 aliphatic heterocycles. The summed E-state index contributed by atoms with van der Waals surface area (Å²) in [6.45, 7) is 0. The molecule has 2 aromatic rings. The van der Waals surface area contributed by atoms with Gasteiger partial charge < -0.3 is 14.8 Å². The highest BCUT2D eigenvalue weighted by Crippen LogP contribution is 2.29. The highest BCUT2D eigenvalue weighted by atomic mass is 16.6. The molecule has 0 atom stereocenters. The molecule has 0 spiro atoms. The highest BCUT2D eigenvalue weighted by Gasteiger charge is 2.13. The average molecular weight is 316 g/mol. The number of methoxy groups -OCH3 is 2. The Kier molecular flexibility index (Phi) is 5.14. The zero-order chi connectivity index (χ0) is 16.8. The number of nitro benzene ring substituents is 1. The van der Waals surface area contributed by atoms with E-state index in [9.17, 15) is 14.9 Å². The Morgan fingerprint density at radius 1 is 1.13 bits per heavy atom. The zero-order valence-electron chi connectivity index (χ0n) is 12.7. The summed E-state index contributed by atoms with van der Waals surface area (Å²) in [4.78, 5) is 22.3. The zero-order valence-corrected chi connectivity index (χ0v) is 12.7. The molecule has 1 N–H and O–H groups in total. The first-order valence-electron chi connectivity index (χ1n) is 6.78. The van der Waals surface area contributed by atoms with Crippen molar-refractivity contribution in [1.82, 2.24) is 0 Å². The van der Waals surface area contributed by atoms with Gasteiger partial charge in [0.25, 0.3) is 5.69 Å².